The summed E-state index contributed by atoms with van der Waals surface area (Å²) in [6.45, 7) is 16.3. The number of carbonyl (C=O) groups excluding carboxylic acids is 2. The molecule has 1 heterocycles. The van der Waals surface area contributed by atoms with Crippen molar-refractivity contribution in [3.05, 3.63) is 131 Å². The van der Waals surface area contributed by atoms with Gasteiger partial charge in [0.1, 0.15) is 0 Å². The van der Waals surface area contributed by atoms with Crippen LogP contribution in [0.25, 0.3) is 5.69 Å². The van der Waals surface area contributed by atoms with Gasteiger partial charge in [0.15, 0.2) is 11.4 Å². The smallest absolute Gasteiger partial charge is 0.273 e. The molecule has 2 amide bonds. The van der Waals surface area contributed by atoms with E-state index in [2.05, 4.69) is 76.9 Å². The van der Waals surface area contributed by atoms with E-state index >= 15 is 0 Å². The van der Waals surface area contributed by atoms with Crippen LogP contribution in [0.1, 0.15) is 84.6 Å². The number of anilines is 2. The lowest BCUT2D eigenvalue weighted by Crippen LogP contribution is -2.32. The van der Waals surface area contributed by atoms with E-state index < -0.39 is 0 Å². The molecule has 0 aliphatic heterocycles. The Morgan fingerprint density at radius 3 is 2.00 bits per heavy atom. The van der Waals surface area contributed by atoms with Crippen LogP contribution in [0.4, 0.5) is 11.4 Å². The number of methoxy groups -OCH3 is 1. The van der Waals surface area contributed by atoms with Crippen LogP contribution < -0.4 is 20.3 Å². The molecule has 0 fully saturated rings. The van der Waals surface area contributed by atoms with Crippen LogP contribution in [-0.2, 0) is 18.5 Å². The molecule has 0 radical (unpaired) electrons. The van der Waals surface area contributed by atoms with E-state index in [0.29, 0.717) is 42.3 Å². The topological polar surface area (TPSA) is 101 Å². The minimum absolute atomic E-state index is 0.0676. The van der Waals surface area contributed by atoms with Crippen molar-refractivity contribution in [1.82, 2.24) is 20.3 Å². The predicted octanol–water partition coefficient (Wildman–Crippen LogP) is 8.12. The van der Waals surface area contributed by atoms with Gasteiger partial charge in [-0.2, -0.15) is 0 Å². The highest BCUT2D eigenvalue weighted by Crippen LogP contribution is 2.42. The molecule has 0 bridgehead atoms. The van der Waals surface area contributed by atoms with Gasteiger partial charge in [0.05, 0.1) is 30.4 Å². The summed E-state index contributed by atoms with van der Waals surface area (Å²) >= 11 is 0. The second kappa shape index (κ2) is 15.0. The average molecular weight is 673 g/mol. The molecule has 0 aliphatic carbocycles. The Hall–Kier alpha value is -5.44. The fourth-order valence-corrected chi connectivity index (χ4v) is 5.54. The normalized spacial score (nSPS) is 11.6. The molecule has 9 nitrogen and oxygen atoms in total. The number of hydrogen-bond donors (Lipinski definition) is 2. The number of nitrogens with one attached hydrogen (secondary N) is 2. The Labute approximate surface area is 295 Å². The van der Waals surface area contributed by atoms with E-state index in [0.717, 1.165) is 27.9 Å². The van der Waals surface area contributed by atoms with Crippen molar-refractivity contribution < 1.29 is 14.3 Å². The molecule has 260 valence electrons. The second-order valence-electron chi connectivity index (χ2n) is 14.9. The quantitative estimate of drug-likeness (QED) is 0.147. The third-order valence-electron chi connectivity index (χ3n) is 8.38. The number of hydrogen-bond acceptors (Lipinski definition) is 6. The third kappa shape index (κ3) is 8.96. The number of ether oxygens (including phenoxy) is 1. The van der Waals surface area contributed by atoms with E-state index in [1.54, 1.807) is 25.4 Å². The molecule has 1 aromatic heterocycles. The van der Waals surface area contributed by atoms with Crippen LogP contribution in [0.5, 0.6) is 5.75 Å². The third-order valence-corrected chi connectivity index (χ3v) is 8.38. The first-order chi connectivity index (χ1) is 23.7. The molecule has 0 atom stereocenters. The van der Waals surface area contributed by atoms with Crippen molar-refractivity contribution in [1.29, 1.82) is 0 Å². The maximum atomic E-state index is 14.0. The number of benzene rings is 4. The SMILES string of the molecule is COc1c(NC(=O)c2ccc(C)c(-n3cc(C(=O)NCC(C)(C)C)nn3)c2)cc(C(C)(C)C)cc1N(Cc1ccccc1)Cc1ccccc1. The number of carbonyl (C=O) groups is 2. The highest BCUT2D eigenvalue weighted by Gasteiger charge is 2.25. The summed E-state index contributed by atoms with van der Waals surface area (Å²) in [4.78, 5) is 29.0. The summed E-state index contributed by atoms with van der Waals surface area (Å²) in [5.41, 5.74) is 6.70. The molecular weight excluding hydrogens is 624 g/mol. The molecule has 0 saturated heterocycles. The summed E-state index contributed by atoms with van der Waals surface area (Å²) < 4.78 is 7.63. The Bertz CT molecular complexity index is 1900. The zero-order chi connectivity index (χ0) is 36.1. The Morgan fingerprint density at radius 1 is 0.820 bits per heavy atom. The zero-order valence-electron chi connectivity index (χ0n) is 30.4. The van der Waals surface area contributed by atoms with E-state index in [9.17, 15) is 9.59 Å². The Kier molecular flexibility index (Phi) is 10.7. The molecule has 50 heavy (non-hydrogen) atoms. The molecule has 4 aromatic carbocycles. The number of aryl methyl sites for hydroxylation is 1. The van der Waals surface area contributed by atoms with Gasteiger partial charge in [0.25, 0.3) is 11.8 Å². The maximum Gasteiger partial charge on any atom is 0.273 e. The minimum atomic E-state index is -0.303. The highest BCUT2D eigenvalue weighted by atomic mass is 16.5. The van der Waals surface area contributed by atoms with Crippen molar-refractivity contribution in [3.63, 3.8) is 0 Å². The molecule has 0 spiro atoms. The van der Waals surface area contributed by atoms with Gasteiger partial charge in [0.2, 0.25) is 0 Å². The number of nitrogens with zero attached hydrogens (tertiary/aromatic N) is 4. The van der Waals surface area contributed by atoms with Gasteiger partial charge >= 0.3 is 0 Å². The molecule has 5 rings (SSSR count). The molecular formula is C41H48N6O3. The largest absolute Gasteiger partial charge is 0.492 e. The number of aromatic nitrogens is 3. The Morgan fingerprint density at radius 2 is 1.44 bits per heavy atom. The van der Waals surface area contributed by atoms with Crippen LogP contribution in [0.2, 0.25) is 0 Å². The lowest BCUT2D eigenvalue weighted by molar-refractivity contribution is 0.0933. The van der Waals surface area contributed by atoms with Crippen molar-refractivity contribution >= 4 is 23.2 Å². The summed E-state index contributed by atoms with van der Waals surface area (Å²) in [5.74, 6) is -0.0249. The summed E-state index contributed by atoms with van der Waals surface area (Å²) in [6.07, 6.45) is 1.58. The van der Waals surface area contributed by atoms with Gasteiger partial charge in [-0.15, -0.1) is 5.10 Å². The van der Waals surface area contributed by atoms with Crippen LogP contribution in [0.3, 0.4) is 0 Å². The standard InChI is InChI=1S/C41H48N6O3/c1-28-19-20-31(21-35(28)47-26-34(44-45-47)39(49)42-27-40(2,3)4)38(48)43-33-22-32(41(5,6)7)23-36(37(33)50-8)46(24-29-15-11-9-12-16-29)25-30-17-13-10-14-18-30/h9-23,26H,24-25,27H2,1-8H3,(H,42,49)(H,43,48). The van der Waals surface area contributed by atoms with Gasteiger partial charge < -0.3 is 20.3 Å². The van der Waals surface area contributed by atoms with E-state index in [-0.39, 0.29) is 28.3 Å². The predicted molar refractivity (Wildman–Crippen MR) is 200 cm³/mol. The number of rotatable bonds is 11. The van der Waals surface area contributed by atoms with Gasteiger partial charge in [-0.05, 0) is 64.3 Å². The first-order valence-corrected chi connectivity index (χ1v) is 16.9. The molecule has 9 heteroatoms. The minimum Gasteiger partial charge on any atom is -0.492 e. The molecule has 0 saturated carbocycles. The van der Waals surface area contributed by atoms with Crippen LogP contribution >= 0.6 is 0 Å². The highest BCUT2D eigenvalue weighted by molar-refractivity contribution is 6.06. The van der Waals surface area contributed by atoms with Crippen molar-refractivity contribution in [2.75, 3.05) is 23.9 Å². The van der Waals surface area contributed by atoms with Gasteiger partial charge in [-0.1, -0.05) is 113 Å². The summed E-state index contributed by atoms with van der Waals surface area (Å²) in [6, 6.07) is 30.2. The van der Waals surface area contributed by atoms with Crippen molar-refractivity contribution in [2.45, 2.75) is 67.0 Å². The van der Waals surface area contributed by atoms with Crippen LogP contribution in [0, 0.1) is 12.3 Å². The van der Waals surface area contributed by atoms with E-state index in [1.165, 1.54) is 4.68 Å². The molecule has 5 aromatic rings. The lowest BCUT2D eigenvalue weighted by atomic mass is 9.86. The second-order valence-corrected chi connectivity index (χ2v) is 14.9. The zero-order valence-corrected chi connectivity index (χ0v) is 30.4. The summed E-state index contributed by atoms with van der Waals surface area (Å²) in [5, 5.41) is 14.4. The number of amides is 2. The maximum absolute atomic E-state index is 14.0. The lowest BCUT2D eigenvalue weighted by Gasteiger charge is -2.31. The van der Waals surface area contributed by atoms with Crippen molar-refractivity contribution in [3.8, 4) is 11.4 Å². The van der Waals surface area contributed by atoms with Crippen LogP contribution in [-0.4, -0.2) is 40.5 Å². The monoisotopic (exact) mass is 672 g/mol. The van der Waals surface area contributed by atoms with Crippen molar-refractivity contribution in [2.24, 2.45) is 5.41 Å². The molecule has 0 unspecified atom stereocenters. The first-order valence-electron chi connectivity index (χ1n) is 16.9. The van der Waals surface area contributed by atoms with E-state index in [4.69, 9.17) is 4.74 Å². The fraction of sp³-hybridized carbons (Fsp3) is 0.317. The average Bonchev–Trinajstić information content (AvgIpc) is 3.57. The fourth-order valence-electron chi connectivity index (χ4n) is 5.54. The van der Waals surface area contributed by atoms with E-state index in [1.807, 2.05) is 76.2 Å². The summed E-state index contributed by atoms with van der Waals surface area (Å²) in [7, 11) is 1.64. The van der Waals surface area contributed by atoms with Gasteiger partial charge in [-0.25, -0.2) is 4.68 Å². The first kappa shape index (κ1) is 35.9. The van der Waals surface area contributed by atoms with Gasteiger partial charge in [-0.3, -0.25) is 9.59 Å². The Balaban J connectivity index is 1.50. The van der Waals surface area contributed by atoms with Crippen LogP contribution in [0.15, 0.2) is 97.2 Å². The van der Waals surface area contributed by atoms with Gasteiger partial charge in [0, 0.05) is 25.2 Å². The molecule has 2 N–H and O–H groups in total. The molecule has 0 aliphatic rings.